The highest BCUT2D eigenvalue weighted by atomic mass is 16.5. The molecule has 0 bridgehead atoms. The van der Waals surface area contributed by atoms with Gasteiger partial charge in [-0.05, 0) is 37.6 Å². The monoisotopic (exact) mass is 299 g/mol. The summed E-state index contributed by atoms with van der Waals surface area (Å²) in [4.78, 5) is 11.9. The Morgan fingerprint density at radius 3 is 2.64 bits per heavy atom. The van der Waals surface area contributed by atoms with Gasteiger partial charge < -0.3 is 14.8 Å². The Labute approximate surface area is 129 Å². The average molecular weight is 299 g/mol. The molecule has 0 unspecified atom stereocenters. The van der Waals surface area contributed by atoms with Crippen molar-refractivity contribution in [3.63, 3.8) is 0 Å². The van der Waals surface area contributed by atoms with Crippen LogP contribution in [0.1, 0.15) is 19.4 Å². The minimum absolute atomic E-state index is 0.00134. The van der Waals surface area contributed by atoms with E-state index in [-0.39, 0.29) is 18.2 Å². The molecule has 1 amide bonds. The topological polar surface area (TPSA) is 95.1 Å². The van der Waals surface area contributed by atoms with Crippen LogP contribution in [-0.4, -0.2) is 25.7 Å². The summed E-state index contributed by atoms with van der Waals surface area (Å²) >= 11 is 0. The molecule has 1 aromatic rings. The van der Waals surface area contributed by atoms with Gasteiger partial charge in [0.15, 0.2) is 18.1 Å². The van der Waals surface area contributed by atoms with E-state index < -0.39 is 5.91 Å². The zero-order valence-electron chi connectivity index (χ0n) is 12.7. The summed E-state index contributed by atoms with van der Waals surface area (Å²) in [5.41, 5.74) is 0.623. The van der Waals surface area contributed by atoms with E-state index in [9.17, 15) is 4.79 Å². The number of rotatable bonds is 6. The molecular formula is C16H17N3O3. The van der Waals surface area contributed by atoms with E-state index in [0.29, 0.717) is 17.1 Å². The quantitative estimate of drug-likeness (QED) is 0.640. The fourth-order valence-corrected chi connectivity index (χ4v) is 1.66. The van der Waals surface area contributed by atoms with Gasteiger partial charge in [-0.3, -0.25) is 4.79 Å². The summed E-state index contributed by atoms with van der Waals surface area (Å²) in [6.45, 7) is 3.54. The maximum atomic E-state index is 11.9. The molecule has 0 atom stereocenters. The number of ether oxygens (including phenoxy) is 2. The molecule has 0 saturated heterocycles. The Balaban J connectivity index is 3.06. The first-order valence-corrected chi connectivity index (χ1v) is 6.62. The minimum atomic E-state index is -0.429. The first kappa shape index (κ1) is 17.1. The van der Waals surface area contributed by atoms with Crippen molar-refractivity contribution in [3.05, 3.63) is 29.3 Å². The molecule has 0 fully saturated rings. The fraction of sp³-hybridized carbons (Fsp3) is 0.312. The maximum Gasteiger partial charge on any atom is 0.262 e. The number of nitrogens with zero attached hydrogens (tertiary/aromatic N) is 2. The van der Waals surface area contributed by atoms with Crippen LogP contribution in [0.4, 0.5) is 0 Å². The lowest BCUT2D eigenvalue weighted by atomic mass is 10.1. The molecule has 0 aliphatic heterocycles. The third kappa shape index (κ3) is 4.84. The van der Waals surface area contributed by atoms with Gasteiger partial charge in [0.2, 0.25) is 0 Å². The third-order valence-electron chi connectivity index (χ3n) is 2.58. The lowest BCUT2D eigenvalue weighted by molar-refractivity contribution is -0.117. The summed E-state index contributed by atoms with van der Waals surface area (Å²) in [5.74, 6) is 0.415. The second kappa shape index (κ2) is 8.33. The van der Waals surface area contributed by atoms with Crippen molar-refractivity contribution < 1.29 is 14.3 Å². The summed E-state index contributed by atoms with van der Waals surface area (Å²) in [6.07, 6.45) is 1.47. The molecule has 0 aromatic heterocycles. The van der Waals surface area contributed by atoms with Crippen LogP contribution in [-0.2, 0) is 4.79 Å². The lowest BCUT2D eigenvalue weighted by Crippen LogP contribution is -2.30. The first-order chi connectivity index (χ1) is 10.5. The minimum Gasteiger partial charge on any atom is -0.493 e. The van der Waals surface area contributed by atoms with Gasteiger partial charge in [0, 0.05) is 6.04 Å². The van der Waals surface area contributed by atoms with Gasteiger partial charge in [-0.25, -0.2) is 0 Å². The van der Waals surface area contributed by atoms with E-state index in [1.54, 1.807) is 18.2 Å². The number of benzene rings is 1. The highest BCUT2D eigenvalue weighted by Gasteiger charge is 2.11. The number of hydrogen-bond acceptors (Lipinski definition) is 5. The van der Waals surface area contributed by atoms with Crippen molar-refractivity contribution in [2.75, 3.05) is 13.7 Å². The van der Waals surface area contributed by atoms with E-state index in [2.05, 4.69) is 5.32 Å². The van der Waals surface area contributed by atoms with Crippen LogP contribution in [0.2, 0.25) is 0 Å². The van der Waals surface area contributed by atoms with Crippen LogP contribution in [0, 0.1) is 22.7 Å². The molecule has 0 saturated carbocycles. The van der Waals surface area contributed by atoms with Gasteiger partial charge in [0.05, 0.1) is 7.11 Å². The van der Waals surface area contributed by atoms with Gasteiger partial charge in [-0.1, -0.05) is 6.07 Å². The number of hydrogen-bond donors (Lipinski definition) is 1. The molecule has 1 rings (SSSR count). The third-order valence-corrected chi connectivity index (χ3v) is 2.58. The Bertz CT molecular complexity index is 652. The Morgan fingerprint density at radius 2 is 2.09 bits per heavy atom. The molecule has 114 valence electrons. The van der Waals surface area contributed by atoms with Crippen LogP contribution in [0.15, 0.2) is 23.8 Å². The highest BCUT2D eigenvalue weighted by molar-refractivity contribution is 6.01. The first-order valence-electron chi connectivity index (χ1n) is 6.62. The highest BCUT2D eigenvalue weighted by Crippen LogP contribution is 2.28. The largest absolute Gasteiger partial charge is 0.493 e. The van der Waals surface area contributed by atoms with Gasteiger partial charge in [-0.2, -0.15) is 10.5 Å². The second-order valence-electron chi connectivity index (χ2n) is 4.66. The van der Waals surface area contributed by atoms with Crippen LogP contribution in [0.3, 0.4) is 0 Å². The predicted molar refractivity (Wildman–Crippen MR) is 81.0 cm³/mol. The number of methoxy groups -OCH3 is 1. The Kier molecular flexibility index (Phi) is 6.46. The molecular weight excluding hydrogens is 282 g/mol. The Morgan fingerprint density at radius 1 is 1.36 bits per heavy atom. The molecule has 22 heavy (non-hydrogen) atoms. The van der Waals surface area contributed by atoms with Crippen LogP contribution in [0.5, 0.6) is 11.5 Å². The van der Waals surface area contributed by atoms with Crippen molar-refractivity contribution in [3.8, 4) is 23.6 Å². The van der Waals surface area contributed by atoms with E-state index >= 15 is 0 Å². The average Bonchev–Trinajstić information content (AvgIpc) is 2.50. The number of carbonyl (C=O) groups is 1. The van der Waals surface area contributed by atoms with Crippen molar-refractivity contribution in [2.45, 2.75) is 19.9 Å². The summed E-state index contributed by atoms with van der Waals surface area (Å²) in [7, 11) is 1.47. The summed E-state index contributed by atoms with van der Waals surface area (Å²) in [6, 6.07) is 8.62. The van der Waals surface area contributed by atoms with Crippen molar-refractivity contribution in [1.82, 2.24) is 5.32 Å². The maximum absolute atomic E-state index is 11.9. The fourth-order valence-electron chi connectivity index (χ4n) is 1.66. The predicted octanol–water partition coefficient (Wildman–Crippen LogP) is 2.03. The molecule has 0 aliphatic carbocycles. The van der Waals surface area contributed by atoms with Crippen LogP contribution >= 0.6 is 0 Å². The number of amides is 1. The smallest absolute Gasteiger partial charge is 0.262 e. The van der Waals surface area contributed by atoms with E-state index in [1.807, 2.05) is 26.0 Å². The Hall–Kier alpha value is -2.99. The zero-order valence-corrected chi connectivity index (χ0v) is 12.7. The molecule has 0 spiro atoms. The van der Waals surface area contributed by atoms with Gasteiger partial charge in [0.1, 0.15) is 17.7 Å². The molecule has 6 nitrogen and oxygen atoms in total. The van der Waals surface area contributed by atoms with E-state index in [4.69, 9.17) is 20.0 Å². The van der Waals surface area contributed by atoms with Gasteiger partial charge in [-0.15, -0.1) is 0 Å². The standard InChI is InChI=1S/C16H17N3O3/c1-11(2)19-16(20)13(10-18)8-12-4-5-14(22-7-6-17)15(9-12)21-3/h4-5,8-9,11H,7H2,1-3H3,(H,19,20)/b13-8+. The number of nitriles is 2. The van der Waals surface area contributed by atoms with Crippen LogP contribution in [0.25, 0.3) is 6.08 Å². The van der Waals surface area contributed by atoms with Crippen LogP contribution < -0.4 is 14.8 Å². The van der Waals surface area contributed by atoms with Gasteiger partial charge in [0.25, 0.3) is 5.91 Å². The molecule has 0 aliphatic rings. The number of carbonyl (C=O) groups excluding carboxylic acids is 1. The van der Waals surface area contributed by atoms with Gasteiger partial charge >= 0.3 is 0 Å². The normalized spacial score (nSPS) is 10.5. The summed E-state index contributed by atoms with van der Waals surface area (Å²) < 4.78 is 10.4. The second-order valence-corrected chi connectivity index (χ2v) is 4.66. The SMILES string of the molecule is COc1cc(/C=C(\C#N)C(=O)NC(C)C)ccc1OCC#N. The van der Waals surface area contributed by atoms with Crippen molar-refractivity contribution >= 4 is 12.0 Å². The molecule has 0 heterocycles. The zero-order chi connectivity index (χ0) is 16.5. The molecule has 1 N–H and O–H groups in total. The molecule has 1 aromatic carbocycles. The molecule has 0 radical (unpaired) electrons. The summed E-state index contributed by atoms with van der Waals surface area (Å²) in [5, 5.41) is 20.3. The van der Waals surface area contributed by atoms with E-state index in [0.717, 1.165) is 0 Å². The molecule has 6 heteroatoms. The van der Waals surface area contributed by atoms with E-state index in [1.165, 1.54) is 13.2 Å². The lowest BCUT2D eigenvalue weighted by Gasteiger charge is -2.10. The van der Waals surface area contributed by atoms with Crippen molar-refractivity contribution in [1.29, 1.82) is 10.5 Å². The number of nitrogens with one attached hydrogen (secondary N) is 1. The van der Waals surface area contributed by atoms with Crippen molar-refractivity contribution in [2.24, 2.45) is 0 Å².